The van der Waals surface area contributed by atoms with Crippen molar-refractivity contribution < 1.29 is 4.79 Å². The maximum Gasteiger partial charge on any atom is 0.237 e. The molecule has 0 spiro atoms. The summed E-state index contributed by atoms with van der Waals surface area (Å²) in [4.78, 5) is 12.6. The van der Waals surface area contributed by atoms with E-state index in [9.17, 15) is 4.79 Å². The minimum absolute atomic E-state index is 0.0544. The normalized spacial score (nSPS) is 12.4. The highest BCUT2D eigenvalue weighted by Crippen LogP contribution is 2.27. The number of aryl methyl sites for hydroxylation is 1. The largest absolute Gasteiger partial charge is 0.325 e. The number of fused-ring (bicyclic) bond motifs is 3. The molecule has 130 valence electrons. The van der Waals surface area contributed by atoms with E-state index in [0.717, 1.165) is 27.8 Å². The molecule has 1 amide bonds. The van der Waals surface area contributed by atoms with Crippen molar-refractivity contribution in [2.45, 2.75) is 24.3 Å². The quantitative estimate of drug-likeness (QED) is 0.550. The number of amides is 1. The van der Waals surface area contributed by atoms with E-state index in [1.807, 2.05) is 72.8 Å². The molecular weight excluding hydrogens is 344 g/mol. The summed E-state index contributed by atoms with van der Waals surface area (Å²) in [6.07, 6.45) is 0. The van der Waals surface area contributed by atoms with Crippen molar-refractivity contribution in [1.82, 2.24) is 14.6 Å². The fourth-order valence-corrected chi connectivity index (χ4v) is 3.72. The SMILES string of the molecule is Cc1ccccc1NC(=O)[C@@H](C)Sc1nnc2ccc3ccccc3n12. The molecule has 2 aromatic heterocycles. The Morgan fingerprint density at radius 3 is 2.65 bits per heavy atom. The summed E-state index contributed by atoms with van der Waals surface area (Å²) in [6.45, 7) is 3.86. The van der Waals surface area contributed by atoms with Gasteiger partial charge in [0.1, 0.15) is 0 Å². The van der Waals surface area contributed by atoms with Crippen LogP contribution in [0.2, 0.25) is 0 Å². The molecule has 1 N–H and O–H groups in total. The molecule has 4 rings (SSSR count). The monoisotopic (exact) mass is 362 g/mol. The Kier molecular flexibility index (Phi) is 4.34. The van der Waals surface area contributed by atoms with Crippen LogP contribution >= 0.6 is 11.8 Å². The third-order valence-electron chi connectivity index (χ3n) is 4.30. The molecule has 0 fully saturated rings. The molecule has 4 aromatic rings. The molecule has 0 saturated heterocycles. The molecule has 0 unspecified atom stereocenters. The van der Waals surface area contributed by atoms with Crippen LogP contribution in [0.3, 0.4) is 0 Å². The number of rotatable bonds is 4. The number of para-hydroxylation sites is 2. The smallest absolute Gasteiger partial charge is 0.237 e. The Labute approximate surface area is 155 Å². The summed E-state index contributed by atoms with van der Waals surface area (Å²) in [5.41, 5.74) is 3.68. The van der Waals surface area contributed by atoms with E-state index in [2.05, 4.69) is 21.6 Å². The first kappa shape index (κ1) is 16.6. The van der Waals surface area contributed by atoms with Gasteiger partial charge in [0.25, 0.3) is 0 Å². The number of carbonyl (C=O) groups is 1. The highest BCUT2D eigenvalue weighted by Gasteiger charge is 2.19. The Balaban J connectivity index is 1.61. The van der Waals surface area contributed by atoms with Crippen LogP contribution in [0.4, 0.5) is 5.69 Å². The minimum Gasteiger partial charge on any atom is -0.325 e. The first-order valence-corrected chi connectivity index (χ1v) is 9.27. The van der Waals surface area contributed by atoms with Crippen LogP contribution in [-0.4, -0.2) is 25.8 Å². The summed E-state index contributed by atoms with van der Waals surface area (Å²) in [5, 5.41) is 13.0. The van der Waals surface area contributed by atoms with Crippen molar-refractivity contribution in [3.05, 3.63) is 66.2 Å². The summed E-state index contributed by atoms with van der Waals surface area (Å²) in [7, 11) is 0. The van der Waals surface area contributed by atoms with Crippen molar-refractivity contribution in [1.29, 1.82) is 0 Å². The van der Waals surface area contributed by atoms with Gasteiger partial charge in [0.15, 0.2) is 10.8 Å². The van der Waals surface area contributed by atoms with Crippen LogP contribution in [0.1, 0.15) is 12.5 Å². The van der Waals surface area contributed by atoms with Gasteiger partial charge in [-0.2, -0.15) is 0 Å². The van der Waals surface area contributed by atoms with Crippen LogP contribution < -0.4 is 5.32 Å². The lowest BCUT2D eigenvalue weighted by Gasteiger charge is -2.13. The van der Waals surface area contributed by atoms with E-state index < -0.39 is 0 Å². The highest BCUT2D eigenvalue weighted by molar-refractivity contribution is 8.00. The number of nitrogens with one attached hydrogen (secondary N) is 1. The molecule has 0 aliphatic carbocycles. The number of benzene rings is 2. The first-order chi connectivity index (χ1) is 12.6. The third-order valence-corrected chi connectivity index (χ3v) is 5.35. The zero-order valence-electron chi connectivity index (χ0n) is 14.5. The minimum atomic E-state index is -0.305. The fourth-order valence-electron chi connectivity index (χ4n) is 2.85. The van der Waals surface area contributed by atoms with E-state index in [1.54, 1.807) is 0 Å². The summed E-state index contributed by atoms with van der Waals surface area (Å²) in [5.74, 6) is -0.0544. The Bertz CT molecular complexity index is 1110. The van der Waals surface area contributed by atoms with Gasteiger partial charge < -0.3 is 5.32 Å². The van der Waals surface area contributed by atoms with Crippen LogP contribution in [-0.2, 0) is 4.79 Å². The van der Waals surface area contributed by atoms with Gasteiger partial charge in [0, 0.05) is 5.69 Å². The zero-order valence-corrected chi connectivity index (χ0v) is 15.3. The number of carbonyl (C=O) groups excluding carboxylic acids is 1. The van der Waals surface area contributed by atoms with Gasteiger partial charge in [0.05, 0.1) is 10.8 Å². The first-order valence-electron chi connectivity index (χ1n) is 8.39. The number of thioether (sulfide) groups is 1. The summed E-state index contributed by atoms with van der Waals surface area (Å²) >= 11 is 1.41. The molecule has 2 heterocycles. The maximum absolute atomic E-state index is 12.6. The molecular formula is C20H18N4OS. The molecule has 0 bridgehead atoms. The second-order valence-corrected chi connectivity index (χ2v) is 7.44. The highest BCUT2D eigenvalue weighted by atomic mass is 32.2. The van der Waals surface area contributed by atoms with Crippen molar-refractivity contribution in [2.24, 2.45) is 0 Å². The van der Waals surface area contributed by atoms with E-state index in [1.165, 1.54) is 11.8 Å². The van der Waals surface area contributed by atoms with E-state index in [4.69, 9.17) is 0 Å². The lowest BCUT2D eigenvalue weighted by atomic mass is 10.2. The average molecular weight is 362 g/mol. The lowest BCUT2D eigenvalue weighted by Crippen LogP contribution is -2.23. The zero-order chi connectivity index (χ0) is 18.1. The van der Waals surface area contributed by atoms with Crippen molar-refractivity contribution in [3.8, 4) is 0 Å². The van der Waals surface area contributed by atoms with Gasteiger partial charge >= 0.3 is 0 Å². The van der Waals surface area contributed by atoms with Gasteiger partial charge in [0.2, 0.25) is 5.91 Å². The molecule has 0 radical (unpaired) electrons. The van der Waals surface area contributed by atoms with Crippen molar-refractivity contribution in [3.63, 3.8) is 0 Å². The fraction of sp³-hybridized carbons (Fsp3) is 0.150. The summed E-state index contributed by atoms with van der Waals surface area (Å²) < 4.78 is 2.00. The Morgan fingerprint density at radius 2 is 1.81 bits per heavy atom. The molecule has 1 atom stereocenters. The van der Waals surface area contributed by atoms with Gasteiger partial charge in [-0.1, -0.05) is 48.2 Å². The molecule has 2 aromatic carbocycles. The number of hydrogen-bond donors (Lipinski definition) is 1. The van der Waals surface area contributed by atoms with Gasteiger partial charge in [-0.15, -0.1) is 10.2 Å². The number of nitrogens with zero attached hydrogens (tertiary/aromatic N) is 3. The Hall–Kier alpha value is -2.86. The van der Waals surface area contributed by atoms with Gasteiger partial charge in [-0.3, -0.25) is 9.20 Å². The Morgan fingerprint density at radius 1 is 1.04 bits per heavy atom. The predicted molar refractivity (Wildman–Crippen MR) is 106 cm³/mol. The third kappa shape index (κ3) is 3.04. The van der Waals surface area contributed by atoms with Gasteiger partial charge in [-0.05, 0) is 49.1 Å². The van der Waals surface area contributed by atoms with Crippen LogP contribution in [0, 0.1) is 6.92 Å². The second-order valence-electron chi connectivity index (χ2n) is 6.13. The number of aromatic nitrogens is 3. The van der Waals surface area contributed by atoms with Crippen LogP contribution in [0.15, 0.2) is 65.8 Å². The van der Waals surface area contributed by atoms with E-state index in [0.29, 0.717) is 5.16 Å². The predicted octanol–water partition coefficient (Wildman–Crippen LogP) is 4.31. The second kappa shape index (κ2) is 6.80. The van der Waals surface area contributed by atoms with E-state index >= 15 is 0 Å². The van der Waals surface area contributed by atoms with E-state index in [-0.39, 0.29) is 11.2 Å². The summed E-state index contributed by atoms with van der Waals surface area (Å²) in [6, 6.07) is 19.8. The van der Waals surface area contributed by atoms with Crippen LogP contribution in [0.25, 0.3) is 16.6 Å². The van der Waals surface area contributed by atoms with Gasteiger partial charge in [-0.25, -0.2) is 0 Å². The molecule has 26 heavy (non-hydrogen) atoms. The molecule has 0 saturated carbocycles. The number of anilines is 1. The number of pyridine rings is 1. The van der Waals surface area contributed by atoms with Crippen molar-refractivity contribution >= 4 is 39.9 Å². The number of hydrogen-bond acceptors (Lipinski definition) is 4. The molecule has 5 nitrogen and oxygen atoms in total. The maximum atomic E-state index is 12.6. The van der Waals surface area contributed by atoms with Crippen LogP contribution in [0.5, 0.6) is 0 Å². The molecule has 6 heteroatoms. The average Bonchev–Trinajstić information content (AvgIpc) is 3.07. The molecule has 0 aliphatic rings. The van der Waals surface area contributed by atoms with Crippen molar-refractivity contribution in [2.75, 3.05) is 5.32 Å². The molecule has 0 aliphatic heterocycles. The lowest BCUT2D eigenvalue weighted by molar-refractivity contribution is -0.115. The standard InChI is InChI=1S/C20H18N4OS/c1-13-7-3-5-9-16(13)21-19(25)14(2)26-20-23-22-18-12-11-15-8-4-6-10-17(15)24(18)20/h3-12,14H,1-2H3,(H,21,25)/t14-/m1/s1. The topological polar surface area (TPSA) is 59.3 Å².